The lowest BCUT2D eigenvalue weighted by Crippen LogP contribution is -2.23. The molecule has 1 atom stereocenters. The second kappa shape index (κ2) is 12.4. The van der Waals surface area contributed by atoms with E-state index in [0.717, 1.165) is 27.6 Å². The minimum Gasteiger partial charge on any atom is -0.465 e. The van der Waals surface area contributed by atoms with Crippen molar-refractivity contribution in [2.45, 2.75) is 45.6 Å². The van der Waals surface area contributed by atoms with Crippen LogP contribution in [0, 0.1) is 5.92 Å². The first-order valence-electron chi connectivity index (χ1n) is 14.3. The topological polar surface area (TPSA) is 48.3 Å². The summed E-state index contributed by atoms with van der Waals surface area (Å²) in [5.41, 5.74) is 6.65. The minimum absolute atomic E-state index is 0.0504. The summed E-state index contributed by atoms with van der Waals surface area (Å²) in [7, 11) is 1.37. The van der Waals surface area contributed by atoms with Crippen molar-refractivity contribution in [3.8, 4) is 0 Å². The molecule has 0 bridgehead atoms. The molecule has 1 heterocycles. The van der Waals surface area contributed by atoms with Gasteiger partial charge < -0.3 is 9.30 Å². The number of halogens is 1. The molecule has 0 N–H and O–H groups in total. The summed E-state index contributed by atoms with van der Waals surface area (Å²) in [5, 5.41) is 1.58. The number of rotatable bonds is 9. The molecule has 0 aliphatic heterocycles. The van der Waals surface area contributed by atoms with Crippen LogP contribution in [-0.2, 0) is 29.5 Å². The molecule has 1 aromatic heterocycles. The van der Waals surface area contributed by atoms with E-state index < -0.39 is 0 Å². The summed E-state index contributed by atoms with van der Waals surface area (Å²) in [6.07, 6.45) is 1.13. The normalized spacial score (nSPS) is 12.3. The van der Waals surface area contributed by atoms with E-state index >= 15 is 0 Å². The molecule has 0 amide bonds. The SMILES string of the molecule is COC(=O)c1ccc(C[C@H](Cc2ccc(C(C)(C)C)cc2)C(=O)c2cc3cc(Cl)ccc3n2Cc2ccccc2)cc1. The summed E-state index contributed by atoms with van der Waals surface area (Å²) in [4.78, 5) is 26.5. The van der Waals surface area contributed by atoms with Gasteiger partial charge in [-0.2, -0.15) is 0 Å². The maximum atomic E-state index is 14.5. The molecule has 5 rings (SSSR count). The zero-order valence-corrected chi connectivity index (χ0v) is 25.3. The van der Waals surface area contributed by atoms with Gasteiger partial charge in [0.25, 0.3) is 0 Å². The first-order valence-corrected chi connectivity index (χ1v) is 14.6. The van der Waals surface area contributed by atoms with Crippen molar-refractivity contribution >= 4 is 34.3 Å². The maximum Gasteiger partial charge on any atom is 0.337 e. The Bertz CT molecular complexity index is 1700. The van der Waals surface area contributed by atoms with Gasteiger partial charge in [-0.15, -0.1) is 0 Å². The molecule has 0 radical (unpaired) electrons. The van der Waals surface area contributed by atoms with Gasteiger partial charge in [0.1, 0.15) is 0 Å². The quantitative estimate of drug-likeness (QED) is 0.130. The first kappa shape index (κ1) is 29.3. The summed E-state index contributed by atoms with van der Waals surface area (Å²) in [6, 6.07) is 33.9. The molecule has 0 saturated heterocycles. The summed E-state index contributed by atoms with van der Waals surface area (Å²) >= 11 is 6.36. The zero-order chi connectivity index (χ0) is 29.9. The molecular formula is C37H36ClNO3. The van der Waals surface area contributed by atoms with Crippen LogP contribution < -0.4 is 0 Å². The summed E-state index contributed by atoms with van der Waals surface area (Å²) in [5.74, 6) is -0.615. The van der Waals surface area contributed by atoms with Crippen LogP contribution >= 0.6 is 11.6 Å². The third-order valence-electron chi connectivity index (χ3n) is 7.83. The molecule has 0 aliphatic rings. The third-order valence-corrected chi connectivity index (χ3v) is 8.06. The average molecular weight is 578 g/mol. The lowest BCUT2D eigenvalue weighted by Gasteiger charge is -2.21. The fourth-order valence-corrected chi connectivity index (χ4v) is 5.63. The van der Waals surface area contributed by atoms with Crippen molar-refractivity contribution in [2.24, 2.45) is 5.92 Å². The Labute approximate surface area is 252 Å². The van der Waals surface area contributed by atoms with Crippen LogP contribution in [0.2, 0.25) is 5.02 Å². The van der Waals surface area contributed by atoms with Gasteiger partial charge in [-0.25, -0.2) is 4.79 Å². The number of carbonyl (C=O) groups excluding carboxylic acids is 2. The number of benzene rings is 4. The van der Waals surface area contributed by atoms with Crippen molar-refractivity contribution < 1.29 is 14.3 Å². The second-order valence-electron chi connectivity index (χ2n) is 11.9. The van der Waals surface area contributed by atoms with Crippen molar-refractivity contribution in [1.29, 1.82) is 0 Å². The highest BCUT2D eigenvalue weighted by Gasteiger charge is 2.26. The highest BCUT2D eigenvalue weighted by atomic mass is 35.5. The van der Waals surface area contributed by atoms with Crippen molar-refractivity contribution in [1.82, 2.24) is 4.57 Å². The van der Waals surface area contributed by atoms with Crippen LogP contribution in [0.1, 0.15) is 63.9 Å². The van der Waals surface area contributed by atoms with Crippen LogP contribution in [0.25, 0.3) is 10.9 Å². The predicted molar refractivity (Wildman–Crippen MR) is 171 cm³/mol. The van der Waals surface area contributed by atoms with E-state index in [1.165, 1.54) is 12.7 Å². The lowest BCUT2D eigenvalue weighted by molar-refractivity contribution is 0.0600. The molecule has 4 nitrogen and oxygen atoms in total. The minimum atomic E-state index is -0.378. The lowest BCUT2D eigenvalue weighted by atomic mass is 9.84. The number of nitrogens with zero attached hydrogens (tertiary/aromatic N) is 1. The molecule has 0 fully saturated rings. The molecule has 0 aliphatic carbocycles. The van der Waals surface area contributed by atoms with Gasteiger partial charge >= 0.3 is 5.97 Å². The van der Waals surface area contributed by atoms with E-state index in [9.17, 15) is 9.59 Å². The molecule has 5 heteroatoms. The van der Waals surface area contributed by atoms with Crippen molar-refractivity contribution in [3.05, 3.63) is 142 Å². The smallest absolute Gasteiger partial charge is 0.337 e. The van der Waals surface area contributed by atoms with Crippen LogP contribution in [0.3, 0.4) is 0 Å². The Kier molecular flexibility index (Phi) is 8.65. The monoisotopic (exact) mass is 577 g/mol. The number of hydrogen-bond donors (Lipinski definition) is 0. The average Bonchev–Trinajstić information content (AvgIpc) is 3.33. The Hall–Kier alpha value is -4.15. The van der Waals surface area contributed by atoms with Gasteiger partial charge in [-0.3, -0.25) is 4.79 Å². The van der Waals surface area contributed by atoms with E-state index in [2.05, 4.69) is 61.7 Å². The van der Waals surface area contributed by atoms with E-state index in [1.807, 2.05) is 54.6 Å². The number of Topliss-reactive ketones (excluding diaryl/α,β-unsaturated/α-hetero) is 1. The molecule has 214 valence electrons. The van der Waals surface area contributed by atoms with Gasteiger partial charge in [0, 0.05) is 28.4 Å². The molecule has 0 unspecified atom stereocenters. The van der Waals surface area contributed by atoms with Crippen molar-refractivity contribution in [2.75, 3.05) is 7.11 Å². The zero-order valence-electron chi connectivity index (χ0n) is 24.6. The Morgan fingerprint density at radius 3 is 2.00 bits per heavy atom. The number of esters is 1. The highest BCUT2D eigenvalue weighted by molar-refractivity contribution is 6.31. The van der Waals surface area contributed by atoms with Gasteiger partial charge in [0.05, 0.1) is 18.4 Å². The standard InChI is InChI=1S/C37H36ClNO3/c1-37(2,3)31-16-12-26(13-17-31)21-30(20-25-10-14-28(15-11-25)36(41)42-4)35(40)34-23-29-22-32(38)18-19-33(29)39(34)24-27-8-6-5-7-9-27/h5-19,22-23,30H,20-21,24H2,1-4H3/t30-/m1/s1. The van der Waals surface area contributed by atoms with E-state index in [-0.39, 0.29) is 23.1 Å². The number of aromatic nitrogens is 1. The number of methoxy groups -OCH3 is 1. The van der Waals surface area contributed by atoms with Gasteiger partial charge in [0.15, 0.2) is 5.78 Å². The summed E-state index contributed by atoms with van der Waals surface area (Å²) in [6.45, 7) is 7.17. The molecule has 5 aromatic rings. The largest absolute Gasteiger partial charge is 0.465 e. The Balaban J connectivity index is 1.54. The van der Waals surface area contributed by atoms with Gasteiger partial charge in [-0.1, -0.05) is 99.1 Å². The molecule has 0 saturated carbocycles. The fourth-order valence-electron chi connectivity index (χ4n) is 5.45. The van der Waals surface area contributed by atoms with E-state index in [0.29, 0.717) is 35.7 Å². The number of ketones is 1. The number of fused-ring (bicyclic) bond motifs is 1. The van der Waals surface area contributed by atoms with Crippen molar-refractivity contribution in [3.63, 3.8) is 0 Å². The summed E-state index contributed by atoms with van der Waals surface area (Å²) < 4.78 is 6.97. The number of ether oxygens (including phenoxy) is 1. The Morgan fingerprint density at radius 2 is 1.40 bits per heavy atom. The molecule has 0 spiro atoms. The maximum absolute atomic E-state index is 14.5. The van der Waals surface area contributed by atoms with E-state index in [4.69, 9.17) is 16.3 Å². The molecule has 42 heavy (non-hydrogen) atoms. The Morgan fingerprint density at radius 1 is 0.786 bits per heavy atom. The molecular weight excluding hydrogens is 542 g/mol. The molecule has 4 aromatic carbocycles. The van der Waals surface area contributed by atoms with Crippen LogP contribution in [0.15, 0.2) is 103 Å². The van der Waals surface area contributed by atoms with Gasteiger partial charge in [-0.05, 0) is 76.9 Å². The van der Waals surface area contributed by atoms with Crippen LogP contribution in [0.5, 0.6) is 0 Å². The second-order valence-corrected chi connectivity index (χ2v) is 12.3. The van der Waals surface area contributed by atoms with Gasteiger partial charge in [0.2, 0.25) is 0 Å². The fraction of sp³-hybridized carbons (Fsp3) is 0.243. The predicted octanol–water partition coefficient (Wildman–Crippen LogP) is 8.71. The van der Waals surface area contributed by atoms with E-state index in [1.54, 1.807) is 12.1 Å². The van der Waals surface area contributed by atoms with Crippen LogP contribution in [-0.4, -0.2) is 23.4 Å². The number of carbonyl (C=O) groups is 2. The van der Waals surface area contributed by atoms with Crippen LogP contribution in [0.4, 0.5) is 0 Å². The first-order chi connectivity index (χ1) is 20.1. The third kappa shape index (κ3) is 6.66. The highest BCUT2D eigenvalue weighted by Crippen LogP contribution is 2.29. The number of hydrogen-bond acceptors (Lipinski definition) is 3.